The standard InChI is InChI=1S/C49H53N7O7S/c1-30-45(64-29-52-30)33-7-5-31(6-8-33)25-51-47(60)41-24-37(57)26-55(41)48(61)46(49(2,3)4)53-43(59)28-62-21-22-63-38-13-11-36(12-14-38)56-27-40(44(54-56)32-17-19-50-20-18-32)35-9-15-39-34(23-35)10-16-42(39)58/h5-9,11-15,17-20,23,27,29,37,41-42,46,57-58H,10,16,21-22,24-26,28H2,1-4H3,(H,51,60)(H,53,59)/t37-,41+,42?,46?/m1/s1. The predicted molar refractivity (Wildman–Crippen MR) is 243 cm³/mol. The van der Waals surface area contributed by atoms with Crippen LogP contribution in [0.15, 0.2) is 103 Å². The highest BCUT2D eigenvalue weighted by Crippen LogP contribution is 2.38. The molecule has 0 saturated carbocycles. The van der Waals surface area contributed by atoms with E-state index in [1.165, 1.54) is 4.90 Å². The minimum Gasteiger partial charge on any atom is -0.491 e. The summed E-state index contributed by atoms with van der Waals surface area (Å²) >= 11 is 1.57. The molecule has 0 bridgehead atoms. The zero-order chi connectivity index (χ0) is 45.0. The van der Waals surface area contributed by atoms with Gasteiger partial charge in [0, 0.05) is 49.2 Å². The summed E-state index contributed by atoms with van der Waals surface area (Å²) in [7, 11) is 0. The van der Waals surface area contributed by atoms with Crippen molar-refractivity contribution in [1.82, 2.24) is 35.3 Å². The average molecular weight is 884 g/mol. The van der Waals surface area contributed by atoms with Crippen molar-refractivity contribution in [2.45, 2.75) is 77.8 Å². The Morgan fingerprint density at radius 2 is 1.69 bits per heavy atom. The Kier molecular flexibility index (Phi) is 13.3. The van der Waals surface area contributed by atoms with E-state index in [4.69, 9.17) is 14.6 Å². The van der Waals surface area contributed by atoms with Gasteiger partial charge in [0.05, 0.1) is 40.6 Å². The Morgan fingerprint density at radius 1 is 0.938 bits per heavy atom. The number of aryl methyl sites for hydroxylation is 2. The number of aromatic nitrogens is 4. The molecule has 0 radical (unpaired) electrons. The maximum Gasteiger partial charge on any atom is 0.246 e. The topological polar surface area (TPSA) is 181 Å². The number of β-amino-alcohol motifs (C(OH)–C–C–N with tert-alkyl or cyclic N) is 1. The summed E-state index contributed by atoms with van der Waals surface area (Å²) in [6.07, 6.45) is 5.87. The fourth-order valence-corrected chi connectivity index (χ4v) is 9.08. The van der Waals surface area contributed by atoms with Gasteiger partial charge in [-0.15, -0.1) is 11.3 Å². The second kappa shape index (κ2) is 19.2. The number of nitrogens with one attached hydrogen (secondary N) is 2. The lowest BCUT2D eigenvalue weighted by atomic mass is 9.85. The molecular formula is C49H53N7O7S. The van der Waals surface area contributed by atoms with Gasteiger partial charge in [-0.1, -0.05) is 63.2 Å². The van der Waals surface area contributed by atoms with Crippen molar-refractivity contribution in [3.05, 3.63) is 125 Å². The average Bonchev–Trinajstić information content (AvgIpc) is 4.11. The van der Waals surface area contributed by atoms with E-state index < -0.39 is 41.5 Å². The van der Waals surface area contributed by atoms with Crippen molar-refractivity contribution in [2.24, 2.45) is 5.41 Å². The highest BCUT2D eigenvalue weighted by atomic mass is 32.1. The van der Waals surface area contributed by atoms with Gasteiger partial charge in [0.25, 0.3) is 0 Å². The predicted octanol–water partition coefficient (Wildman–Crippen LogP) is 6.22. The zero-order valence-electron chi connectivity index (χ0n) is 36.4. The van der Waals surface area contributed by atoms with Crippen LogP contribution in [0.1, 0.15) is 62.1 Å². The summed E-state index contributed by atoms with van der Waals surface area (Å²) in [5.74, 6) is -0.696. The van der Waals surface area contributed by atoms with Gasteiger partial charge in [-0.25, -0.2) is 9.67 Å². The number of hydrogen-bond donors (Lipinski definition) is 4. The van der Waals surface area contributed by atoms with Gasteiger partial charge in [-0.05, 0) is 89.4 Å². The Balaban J connectivity index is 0.824. The fourth-order valence-electron chi connectivity index (χ4n) is 8.26. The first-order valence-corrected chi connectivity index (χ1v) is 22.4. The molecule has 3 aromatic carbocycles. The number of amides is 3. The lowest BCUT2D eigenvalue weighted by Gasteiger charge is -2.35. The summed E-state index contributed by atoms with van der Waals surface area (Å²) < 4.78 is 13.4. The summed E-state index contributed by atoms with van der Waals surface area (Å²) in [5.41, 5.74) is 10.7. The van der Waals surface area contributed by atoms with Gasteiger partial charge >= 0.3 is 0 Å². The summed E-state index contributed by atoms with van der Waals surface area (Å²) in [6, 6.07) is 23.6. The second-order valence-corrected chi connectivity index (χ2v) is 18.2. The van der Waals surface area contributed by atoms with Crippen LogP contribution in [0.25, 0.3) is 38.5 Å². The lowest BCUT2D eigenvalue weighted by molar-refractivity contribution is -0.144. The molecule has 3 aromatic heterocycles. The van der Waals surface area contributed by atoms with Crippen LogP contribution in [0.2, 0.25) is 0 Å². The molecule has 2 aliphatic rings. The molecule has 3 amide bonds. The van der Waals surface area contributed by atoms with Crippen molar-refractivity contribution in [3.63, 3.8) is 0 Å². The number of benzene rings is 3. The van der Waals surface area contributed by atoms with E-state index in [-0.39, 0.29) is 45.2 Å². The number of likely N-dealkylation sites (tertiary alicyclic amines) is 1. The molecule has 0 spiro atoms. The van der Waals surface area contributed by atoms with Crippen molar-refractivity contribution >= 4 is 29.1 Å². The molecule has 4 atom stereocenters. The van der Waals surface area contributed by atoms with E-state index in [0.717, 1.165) is 73.7 Å². The van der Waals surface area contributed by atoms with Crippen LogP contribution >= 0.6 is 11.3 Å². The number of carbonyl (C=O) groups excluding carboxylic acids is 3. The number of fused-ring (bicyclic) bond motifs is 1. The molecule has 2 unspecified atom stereocenters. The molecule has 1 aliphatic heterocycles. The first-order valence-electron chi connectivity index (χ1n) is 21.5. The third-order valence-electron chi connectivity index (χ3n) is 11.7. The molecule has 4 heterocycles. The smallest absolute Gasteiger partial charge is 0.246 e. The van der Waals surface area contributed by atoms with Gasteiger partial charge in [0.1, 0.15) is 36.7 Å². The second-order valence-electron chi connectivity index (χ2n) is 17.4. The Bertz CT molecular complexity index is 2590. The maximum atomic E-state index is 14.0. The lowest BCUT2D eigenvalue weighted by Crippen LogP contribution is -2.58. The molecule has 332 valence electrons. The van der Waals surface area contributed by atoms with Gasteiger partial charge in [-0.3, -0.25) is 19.4 Å². The van der Waals surface area contributed by atoms with Crippen LogP contribution in [0.5, 0.6) is 5.75 Å². The molecule has 1 saturated heterocycles. The zero-order valence-corrected chi connectivity index (χ0v) is 37.2. The van der Waals surface area contributed by atoms with Gasteiger partial charge in [0.15, 0.2) is 0 Å². The highest BCUT2D eigenvalue weighted by Gasteiger charge is 2.44. The van der Waals surface area contributed by atoms with Crippen molar-refractivity contribution < 1.29 is 34.1 Å². The van der Waals surface area contributed by atoms with E-state index in [1.807, 2.05) is 117 Å². The Hall–Kier alpha value is -6.26. The first kappa shape index (κ1) is 44.4. The first-order chi connectivity index (χ1) is 30.8. The molecule has 8 rings (SSSR count). The van der Waals surface area contributed by atoms with Crippen LogP contribution in [0, 0.1) is 12.3 Å². The van der Waals surface area contributed by atoms with Gasteiger partial charge in [-0.2, -0.15) is 5.10 Å². The van der Waals surface area contributed by atoms with E-state index >= 15 is 0 Å². The normalized spacial score (nSPS) is 17.5. The van der Waals surface area contributed by atoms with E-state index in [2.05, 4.69) is 26.7 Å². The van der Waals surface area contributed by atoms with Crippen LogP contribution in [0.3, 0.4) is 0 Å². The summed E-state index contributed by atoms with van der Waals surface area (Å²) in [5, 5.41) is 31.7. The Morgan fingerprint density at radius 3 is 2.41 bits per heavy atom. The van der Waals surface area contributed by atoms with E-state index in [0.29, 0.717) is 5.75 Å². The van der Waals surface area contributed by atoms with Crippen molar-refractivity contribution in [1.29, 1.82) is 0 Å². The van der Waals surface area contributed by atoms with Crippen LogP contribution in [-0.4, -0.2) is 97.1 Å². The third-order valence-corrected chi connectivity index (χ3v) is 12.7. The van der Waals surface area contributed by atoms with E-state index in [9.17, 15) is 24.6 Å². The van der Waals surface area contributed by atoms with E-state index in [1.54, 1.807) is 23.7 Å². The number of aliphatic hydroxyl groups excluding tert-OH is 2. The summed E-state index contributed by atoms with van der Waals surface area (Å²) in [6.45, 7) is 7.70. The maximum absolute atomic E-state index is 14.0. The molecular weight excluding hydrogens is 831 g/mol. The third kappa shape index (κ3) is 10.1. The number of hydrogen-bond acceptors (Lipinski definition) is 11. The van der Waals surface area contributed by atoms with Crippen LogP contribution in [-0.2, 0) is 32.1 Å². The molecule has 14 nitrogen and oxygen atoms in total. The number of aliphatic hydroxyl groups is 2. The number of thiazole rings is 1. The molecule has 1 aliphatic carbocycles. The van der Waals surface area contributed by atoms with Crippen molar-refractivity contribution in [2.75, 3.05) is 26.4 Å². The van der Waals surface area contributed by atoms with Crippen LogP contribution in [0.4, 0.5) is 0 Å². The molecule has 15 heteroatoms. The minimum atomic E-state index is -0.976. The number of pyridine rings is 1. The SMILES string of the molecule is Cc1ncsc1-c1ccc(CNC(=O)[C@@H]2C[C@@H](O)CN2C(=O)C(NC(=O)COCCOc2ccc(-n3cc(-c4ccc5c(c4)CCC5O)c(-c4ccncc4)n3)cc2)C(C)(C)C)cc1. The molecule has 1 fully saturated rings. The minimum absolute atomic E-state index is 0.0195. The highest BCUT2D eigenvalue weighted by molar-refractivity contribution is 7.13. The molecule has 4 N–H and O–H groups in total. The number of nitrogens with zero attached hydrogens (tertiary/aromatic N) is 5. The summed E-state index contributed by atoms with van der Waals surface area (Å²) in [4.78, 5) is 51.6. The number of rotatable bonds is 15. The number of ether oxygens (including phenoxy) is 2. The monoisotopic (exact) mass is 883 g/mol. The van der Waals surface area contributed by atoms with Crippen molar-refractivity contribution in [3.8, 4) is 44.3 Å². The van der Waals surface area contributed by atoms with Crippen LogP contribution < -0.4 is 15.4 Å². The van der Waals surface area contributed by atoms with Gasteiger partial charge in [0.2, 0.25) is 17.7 Å². The Labute approximate surface area is 376 Å². The number of carbonyl (C=O) groups is 3. The quantitative estimate of drug-likeness (QED) is 0.0866. The molecule has 6 aromatic rings. The fraction of sp³-hybridized carbons (Fsp3) is 0.347. The van der Waals surface area contributed by atoms with Gasteiger partial charge < -0.3 is 35.2 Å². The largest absolute Gasteiger partial charge is 0.491 e. The molecule has 64 heavy (non-hydrogen) atoms.